The molecule has 0 radical (unpaired) electrons. The molecule has 2 aliphatic rings. The number of halogens is 5. The van der Waals surface area contributed by atoms with Crippen molar-refractivity contribution in [3.63, 3.8) is 0 Å². The van der Waals surface area contributed by atoms with Gasteiger partial charge in [-0.1, -0.05) is 73.8 Å². The molecule has 0 unspecified atom stereocenters. The summed E-state index contributed by atoms with van der Waals surface area (Å²) < 4.78 is 64.7. The third kappa shape index (κ3) is 15.8. The summed E-state index contributed by atoms with van der Waals surface area (Å²) in [4.78, 5) is 44.6. The number of fused-ring (bicyclic) bond motifs is 2. The quantitative estimate of drug-likeness (QED) is 0.0313. The third-order valence-corrected chi connectivity index (χ3v) is 13.3. The maximum Gasteiger partial charge on any atom is 0.247 e. The molecule has 6 aromatic carbocycles. The monoisotopic (exact) mass is 1090 g/mol. The Bertz CT molecular complexity index is 3410. The Balaban J connectivity index is 0.000000173. The Morgan fingerprint density at radius 3 is 1.61 bits per heavy atom. The van der Waals surface area contributed by atoms with Gasteiger partial charge in [0.15, 0.2) is 0 Å². The number of nitrogen functional groups attached to an aromatic ring is 1. The molecule has 0 saturated carbocycles. The van der Waals surface area contributed by atoms with Crippen LogP contribution in [0.25, 0.3) is 44.1 Å². The summed E-state index contributed by atoms with van der Waals surface area (Å²) in [5.41, 5.74) is 12.1. The van der Waals surface area contributed by atoms with Gasteiger partial charge in [0.2, 0.25) is 23.0 Å². The number of piperidine rings is 2. The molecule has 0 bridgehead atoms. The minimum absolute atomic E-state index is 0.0232. The SMILES string of the molecule is C=CC(=O)Nc1cccc(-c2cccc3cnc(Cl)nc23)c1.C=CC(=O)Nc1cccc(-c2cccc3cnc(Nc4ccc(OC5CCN(CCF)CC5)cc4F)nc23)c1.Nc1ccc(OC2CCN(CCF)CC2)cc1F. The van der Waals surface area contributed by atoms with E-state index in [2.05, 4.69) is 58.8 Å². The maximum atomic E-state index is 15.0. The van der Waals surface area contributed by atoms with Crippen molar-refractivity contribution in [3.05, 3.63) is 176 Å². The van der Waals surface area contributed by atoms with Crippen LogP contribution in [0.3, 0.4) is 0 Å². The molecule has 2 aliphatic heterocycles. The minimum Gasteiger partial charge on any atom is -0.490 e. The number of anilines is 5. The molecular weight excluding hydrogens is 1040 g/mol. The highest BCUT2D eigenvalue weighted by molar-refractivity contribution is 6.28. The largest absolute Gasteiger partial charge is 0.490 e. The summed E-state index contributed by atoms with van der Waals surface area (Å²) in [7, 11) is 0. The smallest absolute Gasteiger partial charge is 0.247 e. The molecule has 4 heterocycles. The van der Waals surface area contributed by atoms with Gasteiger partial charge in [0.05, 0.1) is 22.4 Å². The molecule has 14 nitrogen and oxygen atoms in total. The Labute approximate surface area is 460 Å². The molecule has 408 valence electrons. The van der Waals surface area contributed by atoms with E-state index in [1.165, 1.54) is 30.4 Å². The van der Waals surface area contributed by atoms with Gasteiger partial charge in [0.25, 0.3) is 0 Å². The predicted molar refractivity (Wildman–Crippen MR) is 305 cm³/mol. The number of nitrogens with one attached hydrogen (secondary N) is 3. The van der Waals surface area contributed by atoms with E-state index in [-0.39, 0.29) is 60.0 Å². The summed E-state index contributed by atoms with van der Waals surface area (Å²) in [5, 5.41) is 10.4. The summed E-state index contributed by atoms with van der Waals surface area (Å²) in [6.07, 6.45) is 9.10. The summed E-state index contributed by atoms with van der Waals surface area (Å²) in [6.45, 7) is 10.4. The van der Waals surface area contributed by atoms with Crippen LogP contribution < -0.4 is 31.2 Å². The highest BCUT2D eigenvalue weighted by atomic mass is 35.5. The van der Waals surface area contributed by atoms with E-state index in [1.54, 1.807) is 36.7 Å². The first kappa shape index (κ1) is 56.7. The van der Waals surface area contributed by atoms with E-state index >= 15 is 0 Å². The lowest BCUT2D eigenvalue weighted by Gasteiger charge is -2.31. The number of hydrogen-bond acceptors (Lipinski definition) is 12. The van der Waals surface area contributed by atoms with Crippen molar-refractivity contribution >= 4 is 73.9 Å². The fourth-order valence-electron chi connectivity index (χ4n) is 9.03. The normalized spacial score (nSPS) is 14.0. The van der Waals surface area contributed by atoms with Crippen molar-refractivity contribution in [1.82, 2.24) is 29.7 Å². The van der Waals surface area contributed by atoms with Gasteiger partial charge in [-0.15, -0.1) is 0 Å². The number of nitrogens with two attached hydrogens (primary N) is 1. The van der Waals surface area contributed by atoms with E-state index in [0.717, 1.165) is 90.4 Å². The molecule has 2 saturated heterocycles. The molecule has 5 N–H and O–H groups in total. The fourth-order valence-corrected chi connectivity index (χ4v) is 9.16. The second-order valence-electron chi connectivity index (χ2n) is 18.5. The average Bonchev–Trinajstić information content (AvgIpc) is 3.50. The van der Waals surface area contributed by atoms with E-state index < -0.39 is 11.6 Å². The third-order valence-electron chi connectivity index (χ3n) is 13.1. The summed E-state index contributed by atoms with van der Waals surface area (Å²) >= 11 is 5.91. The number of nitrogens with zero attached hydrogens (tertiary/aromatic N) is 6. The lowest BCUT2D eigenvalue weighted by atomic mass is 10.0. The van der Waals surface area contributed by atoms with Crippen LogP contribution in [0.4, 0.5) is 46.3 Å². The second-order valence-corrected chi connectivity index (χ2v) is 18.9. The van der Waals surface area contributed by atoms with E-state index in [9.17, 15) is 27.2 Å². The molecule has 0 atom stereocenters. The lowest BCUT2D eigenvalue weighted by molar-refractivity contribution is -0.112. The van der Waals surface area contributed by atoms with Gasteiger partial charge in [-0.25, -0.2) is 37.5 Å². The van der Waals surface area contributed by atoms with Crippen LogP contribution in [0.1, 0.15) is 25.7 Å². The number of aromatic nitrogens is 4. The molecule has 2 amide bonds. The zero-order chi connectivity index (χ0) is 55.7. The maximum absolute atomic E-state index is 15.0. The van der Waals surface area contributed by atoms with Crippen LogP contribution in [0.5, 0.6) is 11.5 Å². The first-order valence-electron chi connectivity index (χ1n) is 25.6. The molecule has 8 aromatic rings. The van der Waals surface area contributed by atoms with Gasteiger partial charge in [-0.05, 0) is 109 Å². The van der Waals surface area contributed by atoms with Crippen molar-refractivity contribution in [3.8, 4) is 33.8 Å². The second kappa shape index (κ2) is 27.7. The minimum atomic E-state index is -0.481. The molecular formula is C60H59ClF4N10O4. The van der Waals surface area contributed by atoms with Crippen LogP contribution in [0.15, 0.2) is 159 Å². The molecule has 2 fully saturated rings. The number of carbonyl (C=O) groups excluding carboxylic acids is 2. The van der Waals surface area contributed by atoms with Crippen molar-refractivity contribution in [2.45, 2.75) is 37.9 Å². The van der Waals surface area contributed by atoms with E-state index in [0.29, 0.717) is 41.5 Å². The standard InChI is InChI=1S/C30H29F2N5O2.C17H12ClN3O.C13H18F2N2O/c1-2-28(38)34-22-7-3-5-20(17-22)25-8-4-6-21-19-33-30(36-29(21)25)35-27-10-9-24(18-26(27)32)39-23-11-14-37(15-12-23)16-13-31;1-2-15(22)20-13-7-3-5-11(9-13)14-8-4-6-12-10-19-17(18)21-16(12)14;14-5-8-17-6-3-10(4-7-17)18-11-1-2-13(16)12(15)9-11/h2-10,17-19,23H,1,11-16H2,(H,34,38)(H,33,35,36);2-10H,1H2,(H,20,22);1-2,9-10H,3-8,16H2. The topological polar surface area (TPSA) is 173 Å². The number of hydrogen-bond donors (Lipinski definition) is 4. The van der Waals surface area contributed by atoms with Crippen molar-refractivity contribution in [2.75, 3.05) is 74.3 Å². The number of benzene rings is 6. The Hall–Kier alpha value is -8.45. The van der Waals surface area contributed by atoms with Gasteiger partial charge in [-0.3, -0.25) is 9.59 Å². The number of para-hydroxylation sites is 2. The van der Waals surface area contributed by atoms with Gasteiger partial charge in [-0.2, -0.15) is 0 Å². The first-order valence-corrected chi connectivity index (χ1v) is 26.0. The van der Waals surface area contributed by atoms with E-state index in [4.69, 9.17) is 26.8 Å². The van der Waals surface area contributed by atoms with Crippen LogP contribution in [-0.2, 0) is 9.59 Å². The van der Waals surface area contributed by atoms with Gasteiger partial charge in [0.1, 0.15) is 48.7 Å². The molecule has 0 aliphatic carbocycles. The van der Waals surface area contributed by atoms with Gasteiger partial charge < -0.3 is 41.0 Å². The number of carbonyl (C=O) groups is 2. The number of rotatable bonds is 16. The van der Waals surface area contributed by atoms with Crippen molar-refractivity contribution in [1.29, 1.82) is 0 Å². The van der Waals surface area contributed by atoms with Gasteiger partial charge >= 0.3 is 0 Å². The highest BCUT2D eigenvalue weighted by Crippen LogP contribution is 2.33. The summed E-state index contributed by atoms with van der Waals surface area (Å²) in [5.74, 6) is -0.277. The highest BCUT2D eigenvalue weighted by Gasteiger charge is 2.22. The Kier molecular flexibility index (Phi) is 19.9. The van der Waals surface area contributed by atoms with Gasteiger partial charge in [0, 0.05) is 97.1 Å². The lowest BCUT2D eigenvalue weighted by Crippen LogP contribution is -2.39. The van der Waals surface area contributed by atoms with Crippen LogP contribution in [0, 0.1) is 11.6 Å². The summed E-state index contributed by atoms with van der Waals surface area (Å²) in [6, 6.07) is 35.7. The van der Waals surface area contributed by atoms with Crippen LogP contribution in [0.2, 0.25) is 5.28 Å². The van der Waals surface area contributed by atoms with Crippen LogP contribution in [-0.4, -0.2) is 106 Å². The zero-order valence-corrected chi connectivity index (χ0v) is 43.9. The number of ether oxygens (including phenoxy) is 2. The fraction of sp³-hybridized carbons (Fsp3) is 0.233. The van der Waals surface area contributed by atoms with E-state index in [1.807, 2.05) is 78.9 Å². The molecule has 79 heavy (non-hydrogen) atoms. The number of likely N-dealkylation sites (tertiary alicyclic amines) is 2. The average molecular weight is 1100 g/mol. The van der Waals surface area contributed by atoms with Crippen molar-refractivity contribution < 1.29 is 36.6 Å². The molecule has 2 aromatic heterocycles. The molecule has 10 rings (SSSR count). The first-order chi connectivity index (χ1) is 38.4. The van der Waals surface area contributed by atoms with Crippen LogP contribution >= 0.6 is 11.6 Å². The Morgan fingerprint density at radius 2 is 1.11 bits per heavy atom. The molecule has 0 spiro atoms. The number of alkyl halides is 2. The van der Waals surface area contributed by atoms with Crippen molar-refractivity contribution in [2.24, 2.45) is 0 Å². The molecule has 19 heteroatoms. The Morgan fingerprint density at radius 1 is 0.633 bits per heavy atom. The number of amides is 2. The predicted octanol–water partition coefficient (Wildman–Crippen LogP) is 12.4. The zero-order valence-electron chi connectivity index (χ0n) is 43.2.